The van der Waals surface area contributed by atoms with E-state index in [1.165, 1.54) is 12.8 Å². The molecule has 0 saturated carbocycles. The van der Waals surface area contributed by atoms with Crippen LogP contribution in [0.5, 0.6) is 0 Å². The average Bonchev–Trinajstić information content (AvgIpc) is 2.40. The molecule has 3 N–H and O–H groups in total. The zero-order chi connectivity index (χ0) is 15.4. The van der Waals surface area contributed by atoms with Crippen LogP contribution in [0.15, 0.2) is 0 Å². The van der Waals surface area contributed by atoms with Crippen LogP contribution in [0, 0.1) is 11.8 Å². The minimum Gasteiger partial charge on any atom is -0.353 e. The van der Waals surface area contributed by atoms with Crippen LogP contribution in [0.1, 0.15) is 79.1 Å². The Balaban J connectivity index is 4.09. The van der Waals surface area contributed by atoms with Gasteiger partial charge >= 0.3 is 0 Å². The molecule has 0 spiro atoms. The molecule has 120 valence electrons. The van der Waals surface area contributed by atoms with Crippen molar-refractivity contribution < 1.29 is 4.79 Å². The normalized spacial score (nSPS) is 14.3. The van der Waals surface area contributed by atoms with Crippen LogP contribution < -0.4 is 11.1 Å². The van der Waals surface area contributed by atoms with Crippen molar-refractivity contribution in [1.29, 1.82) is 0 Å². The van der Waals surface area contributed by atoms with Gasteiger partial charge in [-0.05, 0) is 44.1 Å². The summed E-state index contributed by atoms with van der Waals surface area (Å²) in [7, 11) is 0. The highest BCUT2D eigenvalue weighted by atomic mass is 16.1. The molecule has 0 fully saturated rings. The second-order valence-electron chi connectivity index (χ2n) is 6.32. The van der Waals surface area contributed by atoms with Gasteiger partial charge in [-0.15, -0.1) is 0 Å². The summed E-state index contributed by atoms with van der Waals surface area (Å²) in [4.78, 5) is 12.1. The van der Waals surface area contributed by atoms with Gasteiger partial charge in [-0.2, -0.15) is 0 Å². The van der Waals surface area contributed by atoms with E-state index in [4.69, 9.17) is 5.73 Å². The van der Waals surface area contributed by atoms with Crippen molar-refractivity contribution >= 4 is 5.91 Å². The van der Waals surface area contributed by atoms with Gasteiger partial charge in [0.15, 0.2) is 0 Å². The molecule has 0 aliphatic rings. The number of nitrogens with one attached hydrogen (secondary N) is 1. The second-order valence-corrected chi connectivity index (χ2v) is 6.32. The Morgan fingerprint density at radius 3 is 2.25 bits per heavy atom. The van der Waals surface area contributed by atoms with Crippen molar-refractivity contribution in [3.05, 3.63) is 0 Å². The van der Waals surface area contributed by atoms with Gasteiger partial charge in [-0.3, -0.25) is 4.79 Å². The molecule has 20 heavy (non-hydrogen) atoms. The van der Waals surface area contributed by atoms with E-state index in [0.717, 1.165) is 38.6 Å². The molecule has 3 nitrogen and oxygen atoms in total. The van der Waals surface area contributed by atoms with Crippen LogP contribution in [0.4, 0.5) is 0 Å². The monoisotopic (exact) mass is 284 g/mol. The highest BCUT2D eigenvalue weighted by Gasteiger charge is 2.16. The van der Waals surface area contributed by atoms with Gasteiger partial charge in [0.25, 0.3) is 0 Å². The lowest BCUT2D eigenvalue weighted by atomic mass is 9.88. The average molecular weight is 284 g/mol. The predicted octanol–water partition coefficient (Wildman–Crippen LogP) is 3.86. The van der Waals surface area contributed by atoms with E-state index in [-0.39, 0.29) is 5.91 Å². The topological polar surface area (TPSA) is 55.1 Å². The van der Waals surface area contributed by atoms with Crippen LogP contribution in [0.25, 0.3) is 0 Å². The third-order valence-electron chi connectivity index (χ3n) is 4.13. The molecule has 0 saturated heterocycles. The van der Waals surface area contributed by atoms with Gasteiger partial charge in [0.2, 0.25) is 5.91 Å². The van der Waals surface area contributed by atoms with E-state index in [1.54, 1.807) is 0 Å². The van der Waals surface area contributed by atoms with Crippen LogP contribution in [0.3, 0.4) is 0 Å². The number of nitrogens with two attached hydrogens (primary N) is 1. The largest absolute Gasteiger partial charge is 0.353 e. The molecular weight excluding hydrogens is 248 g/mol. The second kappa shape index (κ2) is 12.2. The molecule has 1 amide bonds. The highest BCUT2D eigenvalue weighted by Crippen LogP contribution is 2.20. The van der Waals surface area contributed by atoms with Gasteiger partial charge in [0.05, 0.1) is 0 Å². The minimum atomic E-state index is 0.224. The summed E-state index contributed by atoms with van der Waals surface area (Å²) >= 11 is 0. The Morgan fingerprint density at radius 1 is 1.05 bits per heavy atom. The van der Waals surface area contributed by atoms with Crippen molar-refractivity contribution in [2.75, 3.05) is 6.54 Å². The zero-order valence-corrected chi connectivity index (χ0v) is 14.1. The fourth-order valence-corrected chi connectivity index (χ4v) is 2.73. The first-order valence-electron chi connectivity index (χ1n) is 8.54. The fourth-order valence-electron chi connectivity index (χ4n) is 2.73. The Labute approximate surface area is 126 Å². The number of carbonyl (C=O) groups excluding carboxylic acids is 1. The molecular formula is C17H36N2O. The van der Waals surface area contributed by atoms with Crippen LogP contribution in [0.2, 0.25) is 0 Å². The van der Waals surface area contributed by atoms with E-state index in [2.05, 4.69) is 33.0 Å². The summed E-state index contributed by atoms with van der Waals surface area (Å²) in [5.74, 6) is 1.41. The summed E-state index contributed by atoms with van der Waals surface area (Å²) in [6.07, 6.45) is 8.39. The van der Waals surface area contributed by atoms with Crippen molar-refractivity contribution in [2.45, 2.75) is 85.1 Å². The molecule has 0 aromatic carbocycles. The first-order chi connectivity index (χ1) is 9.54. The summed E-state index contributed by atoms with van der Waals surface area (Å²) in [6, 6.07) is 0.374. The first kappa shape index (κ1) is 19.4. The fraction of sp³-hybridized carbons (Fsp3) is 0.941. The molecule has 0 aromatic rings. The van der Waals surface area contributed by atoms with E-state index in [9.17, 15) is 4.79 Å². The summed E-state index contributed by atoms with van der Waals surface area (Å²) < 4.78 is 0. The number of amides is 1. The van der Waals surface area contributed by atoms with Crippen LogP contribution in [-0.2, 0) is 4.79 Å². The lowest BCUT2D eigenvalue weighted by molar-refractivity contribution is -0.122. The number of unbranched alkanes of at least 4 members (excludes halogenated alkanes) is 1. The van der Waals surface area contributed by atoms with Crippen LogP contribution in [-0.4, -0.2) is 18.5 Å². The van der Waals surface area contributed by atoms with Gasteiger partial charge in [-0.1, -0.05) is 47.0 Å². The van der Waals surface area contributed by atoms with Crippen molar-refractivity contribution in [3.8, 4) is 0 Å². The lowest BCUT2D eigenvalue weighted by Gasteiger charge is -2.21. The Morgan fingerprint density at radius 2 is 1.75 bits per heavy atom. The first-order valence-corrected chi connectivity index (χ1v) is 8.54. The standard InChI is InChI=1S/C17H36N2O/c1-5-7-9-16(8-6-2)19-17(20)11-10-15(12-13-18)14(3)4/h14-16H,5-13,18H2,1-4H3,(H,19,20). The maximum absolute atomic E-state index is 12.1. The molecule has 0 rings (SSSR count). The zero-order valence-electron chi connectivity index (χ0n) is 14.1. The van der Waals surface area contributed by atoms with E-state index < -0.39 is 0 Å². The molecule has 0 radical (unpaired) electrons. The van der Waals surface area contributed by atoms with Crippen molar-refractivity contribution in [2.24, 2.45) is 17.6 Å². The van der Waals surface area contributed by atoms with Gasteiger partial charge < -0.3 is 11.1 Å². The summed E-state index contributed by atoms with van der Waals surface area (Å²) in [6.45, 7) is 9.55. The van der Waals surface area contributed by atoms with E-state index >= 15 is 0 Å². The summed E-state index contributed by atoms with van der Waals surface area (Å²) in [5.41, 5.74) is 5.65. The number of hydrogen-bond donors (Lipinski definition) is 2. The number of hydrogen-bond acceptors (Lipinski definition) is 2. The summed E-state index contributed by atoms with van der Waals surface area (Å²) in [5, 5.41) is 3.22. The smallest absolute Gasteiger partial charge is 0.220 e. The molecule has 0 aliphatic heterocycles. The Bertz CT molecular complexity index is 241. The molecule has 0 aliphatic carbocycles. The number of carbonyl (C=O) groups is 1. The van der Waals surface area contributed by atoms with Crippen molar-refractivity contribution in [1.82, 2.24) is 5.32 Å². The number of rotatable bonds is 12. The molecule has 0 bridgehead atoms. The third kappa shape index (κ3) is 9.35. The Hall–Kier alpha value is -0.570. The SMILES string of the molecule is CCCCC(CCC)NC(=O)CCC(CCN)C(C)C. The van der Waals surface area contributed by atoms with E-state index in [0.29, 0.717) is 24.3 Å². The van der Waals surface area contributed by atoms with Gasteiger partial charge in [-0.25, -0.2) is 0 Å². The van der Waals surface area contributed by atoms with Crippen LogP contribution >= 0.6 is 0 Å². The maximum Gasteiger partial charge on any atom is 0.220 e. The maximum atomic E-state index is 12.1. The molecule has 2 atom stereocenters. The highest BCUT2D eigenvalue weighted by molar-refractivity contribution is 5.76. The predicted molar refractivity (Wildman–Crippen MR) is 87.6 cm³/mol. The van der Waals surface area contributed by atoms with Gasteiger partial charge in [0, 0.05) is 12.5 Å². The van der Waals surface area contributed by atoms with Crippen molar-refractivity contribution in [3.63, 3.8) is 0 Å². The quantitative estimate of drug-likeness (QED) is 0.571. The molecule has 3 heteroatoms. The molecule has 0 heterocycles. The van der Waals surface area contributed by atoms with E-state index in [1.807, 2.05) is 0 Å². The molecule has 0 aromatic heterocycles. The minimum absolute atomic E-state index is 0.224. The Kier molecular flexibility index (Phi) is 11.8. The lowest BCUT2D eigenvalue weighted by Crippen LogP contribution is -2.35. The third-order valence-corrected chi connectivity index (χ3v) is 4.13. The molecule has 2 unspecified atom stereocenters. The van der Waals surface area contributed by atoms with Gasteiger partial charge in [0.1, 0.15) is 0 Å².